The molecule has 11 heteroatoms. The van der Waals surface area contributed by atoms with E-state index in [1.165, 1.54) is 0 Å². The summed E-state index contributed by atoms with van der Waals surface area (Å²) in [6.07, 6.45) is -1.17. The van der Waals surface area contributed by atoms with Crippen molar-refractivity contribution in [3.63, 3.8) is 0 Å². The predicted molar refractivity (Wildman–Crippen MR) is 184 cm³/mol. The van der Waals surface area contributed by atoms with E-state index in [0.29, 0.717) is 18.4 Å². The third-order valence-corrected chi connectivity index (χ3v) is 11.0. The number of amides is 1. The summed E-state index contributed by atoms with van der Waals surface area (Å²) >= 11 is 0. The van der Waals surface area contributed by atoms with Gasteiger partial charge in [-0.3, -0.25) is 9.69 Å². The number of aliphatic hydroxyl groups excluding tert-OH is 1. The van der Waals surface area contributed by atoms with E-state index in [4.69, 9.17) is 23.7 Å². The molecule has 1 aromatic rings. The van der Waals surface area contributed by atoms with Gasteiger partial charge in [0, 0.05) is 43.0 Å². The molecule has 0 unspecified atom stereocenters. The lowest BCUT2D eigenvalue weighted by molar-refractivity contribution is -0.294. The summed E-state index contributed by atoms with van der Waals surface area (Å²) in [5.74, 6) is -2.29. The topological polar surface area (TPSA) is 124 Å². The van der Waals surface area contributed by atoms with Crippen molar-refractivity contribution >= 4 is 17.8 Å². The zero-order valence-corrected chi connectivity index (χ0v) is 31.2. The van der Waals surface area contributed by atoms with E-state index in [9.17, 15) is 19.5 Å². The fraction of sp³-hybridized carbons (Fsp3) is 0.711. The fourth-order valence-electron chi connectivity index (χ4n) is 8.33. The minimum atomic E-state index is -1.30. The molecule has 1 amide bonds. The number of ketones is 1. The van der Waals surface area contributed by atoms with Gasteiger partial charge in [-0.1, -0.05) is 64.1 Å². The number of carbonyl (C=O) groups excluding carboxylic acids is 3. The van der Waals surface area contributed by atoms with Crippen molar-refractivity contribution in [2.24, 2.45) is 17.8 Å². The molecule has 11 nitrogen and oxygen atoms in total. The van der Waals surface area contributed by atoms with Crippen LogP contribution in [0.25, 0.3) is 0 Å². The summed E-state index contributed by atoms with van der Waals surface area (Å²) in [5, 5.41) is 11.4. The monoisotopic (exact) mass is 686 g/mol. The number of aliphatic hydroxyl groups is 1. The summed E-state index contributed by atoms with van der Waals surface area (Å²) in [4.78, 5) is 45.5. The average Bonchev–Trinajstić information content (AvgIpc) is 3.31. The highest BCUT2D eigenvalue weighted by atomic mass is 16.7. The smallest absolute Gasteiger partial charge is 0.411 e. The Labute approximate surface area is 292 Å². The predicted octanol–water partition coefficient (Wildman–Crippen LogP) is 5.13. The maximum absolute atomic E-state index is 14.5. The SMILES string of the molecule is CC[C@H]1OC(=O)/C(C)=C/[C@H](C)[C@@H](O[C@@H]2O[C@H](C)C[C@H](N(C)C)[C@H]2O)[C@@](C)(OC)C[C@@H](C)C(=O)[C@H](C)[C@H]2N(Cc3ccccc3)C(=O)O[C@]12C. The molecule has 4 rings (SSSR count). The molecule has 3 heterocycles. The van der Waals surface area contributed by atoms with Crippen LogP contribution < -0.4 is 0 Å². The Kier molecular flexibility index (Phi) is 12.4. The summed E-state index contributed by atoms with van der Waals surface area (Å²) < 4.78 is 31.3. The van der Waals surface area contributed by atoms with Crippen LogP contribution in [0, 0.1) is 17.8 Å². The number of methoxy groups -OCH3 is 1. The first-order valence-electron chi connectivity index (χ1n) is 17.6. The van der Waals surface area contributed by atoms with Crippen molar-refractivity contribution in [1.82, 2.24) is 9.80 Å². The highest BCUT2D eigenvalue weighted by molar-refractivity contribution is 5.88. The molecule has 274 valence electrons. The van der Waals surface area contributed by atoms with Gasteiger partial charge in [-0.05, 0) is 66.6 Å². The Morgan fingerprint density at radius 3 is 2.31 bits per heavy atom. The number of cyclic esters (lactones) is 1. The van der Waals surface area contributed by atoms with Crippen molar-refractivity contribution in [3.8, 4) is 0 Å². The third-order valence-electron chi connectivity index (χ3n) is 11.0. The van der Waals surface area contributed by atoms with Gasteiger partial charge in [0.05, 0.1) is 23.9 Å². The zero-order valence-electron chi connectivity index (χ0n) is 31.2. The number of Topliss-reactive ketones (excluding diaryl/α,β-unsaturated/α-hetero) is 1. The average molecular weight is 687 g/mol. The summed E-state index contributed by atoms with van der Waals surface area (Å²) in [5.41, 5.74) is -1.12. The van der Waals surface area contributed by atoms with Crippen LogP contribution in [-0.2, 0) is 39.8 Å². The van der Waals surface area contributed by atoms with Crippen molar-refractivity contribution in [3.05, 3.63) is 47.5 Å². The number of carbonyl (C=O) groups is 3. The number of hydrogen-bond acceptors (Lipinski definition) is 10. The molecular formula is C38H58N2O9. The number of nitrogens with zero attached hydrogens (tertiary/aromatic N) is 2. The number of rotatable bonds is 7. The molecule has 0 aromatic heterocycles. The Morgan fingerprint density at radius 1 is 1.06 bits per heavy atom. The van der Waals surface area contributed by atoms with E-state index in [2.05, 4.69) is 0 Å². The van der Waals surface area contributed by atoms with Gasteiger partial charge >= 0.3 is 12.1 Å². The quantitative estimate of drug-likeness (QED) is 0.386. The second kappa shape index (κ2) is 15.6. The van der Waals surface area contributed by atoms with Gasteiger partial charge in [0.15, 0.2) is 11.9 Å². The zero-order chi connectivity index (χ0) is 36.4. The summed E-state index contributed by atoms with van der Waals surface area (Å²) in [7, 11) is 5.41. The second-order valence-corrected chi connectivity index (χ2v) is 15.1. The second-order valence-electron chi connectivity index (χ2n) is 15.1. The van der Waals surface area contributed by atoms with Crippen molar-refractivity contribution in [1.29, 1.82) is 0 Å². The lowest BCUT2D eigenvalue weighted by atomic mass is 9.74. The number of benzene rings is 1. The first-order valence-corrected chi connectivity index (χ1v) is 17.6. The van der Waals surface area contributed by atoms with E-state index in [-0.39, 0.29) is 30.9 Å². The number of fused-ring (bicyclic) bond motifs is 1. The van der Waals surface area contributed by atoms with E-state index in [1.807, 2.05) is 90.9 Å². The van der Waals surface area contributed by atoms with Crippen LogP contribution >= 0.6 is 0 Å². The molecule has 2 saturated heterocycles. The fourth-order valence-corrected chi connectivity index (χ4v) is 8.33. The number of likely N-dealkylation sites (N-methyl/N-ethyl adjacent to an activating group) is 1. The maximum atomic E-state index is 14.5. The van der Waals surface area contributed by atoms with Crippen LogP contribution in [0.4, 0.5) is 4.79 Å². The molecule has 2 fully saturated rings. The molecule has 0 aliphatic carbocycles. The van der Waals surface area contributed by atoms with Crippen molar-refractivity contribution in [2.45, 2.75) is 135 Å². The molecule has 1 N–H and O–H groups in total. The molecule has 12 atom stereocenters. The normalized spacial score (nSPS) is 40.6. The van der Waals surface area contributed by atoms with E-state index < -0.39 is 71.7 Å². The summed E-state index contributed by atoms with van der Waals surface area (Å²) in [6, 6.07) is 8.63. The first kappa shape index (κ1) is 39.0. The number of hydrogen-bond donors (Lipinski definition) is 1. The molecule has 49 heavy (non-hydrogen) atoms. The van der Waals surface area contributed by atoms with E-state index in [1.54, 1.807) is 31.9 Å². The minimum Gasteiger partial charge on any atom is -0.455 e. The highest BCUT2D eigenvalue weighted by Gasteiger charge is 2.60. The van der Waals surface area contributed by atoms with Crippen LogP contribution in [-0.4, -0.2) is 108 Å². The lowest BCUT2D eigenvalue weighted by Gasteiger charge is -2.47. The summed E-state index contributed by atoms with van der Waals surface area (Å²) in [6.45, 7) is 15.0. The molecular weight excluding hydrogens is 628 g/mol. The van der Waals surface area contributed by atoms with Crippen LogP contribution in [0.5, 0.6) is 0 Å². The van der Waals surface area contributed by atoms with Crippen LogP contribution in [0.15, 0.2) is 42.0 Å². The minimum absolute atomic E-state index is 0.0810. The van der Waals surface area contributed by atoms with Gasteiger partial charge in [0.25, 0.3) is 0 Å². The Hall–Kier alpha value is -2.83. The first-order chi connectivity index (χ1) is 23.0. The van der Waals surface area contributed by atoms with Gasteiger partial charge in [0.1, 0.15) is 18.0 Å². The Bertz CT molecular complexity index is 1350. The van der Waals surface area contributed by atoms with E-state index >= 15 is 0 Å². The van der Waals surface area contributed by atoms with Gasteiger partial charge in [0.2, 0.25) is 0 Å². The molecule has 3 aliphatic rings. The molecule has 0 bridgehead atoms. The van der Waals surface area contributed by atoms with Gasteiger partial charge in [-0.2, -0.15) is 0 Å². The van der Waals surface area contributed by atoms with Gasteiger partial charge in [-0.25, -0.2) is 9.59 Å². The van der Waals surface area contributed by atoms with Crippen molar-refractivity contribution < 1.29 is 43.2 Å². The van der Waals surface area contributed by atoms with E-state index in [0.717, 1.165) is 5.56 Å². The number of ether oxygens (including phenoxy) is 5. The Morgan fingerprint density at radius 2 is 1.71 bits per heavy atom. The standard InChI is InChI=1S/C38H58N2O9/c1-12-29-38(8)32(40(36(44)49-38)21-27-16-14-13-15-17-27)26(6)30(41)24(4)20-37(7,45-11)33(22(2)18-23(3)34(43)47-29)48-35-31(42)28(39(9)10)19-25(5)46-35/h13-18,22,24-26,28-29,31-33,35,42H,12,19-21H2,1-11H3/b23-18+/t22-,24+,25+,26-,28-,29+,31+,32+,33+,35-,37-,38+/m0/s1. The maximum Gasteiger partial charge on any atom is 0.411 e. The van der Waals surface area contributed by atoms with Gasteiger partial charge < -0.3 is 33.7 Å². The number of esters is 1. The lowest BCUT2D eigenvalue weighted by Crippen LogP contribution is -2.59. The molecule has 0 radical (unpaired) electrons. The third kappa shape index (κ3) is 8.06. The van der Waals surface area contributed by atoms with Crippen LogP contribution in [0.3, 0.4) is 0 Å². The largest absolute Gasteiger partial charge is 0.455 e. The van der Waals surface area contributed by atoms with Crippen molar-refractivity contribution in [2.75, 3.05) is 21.2 Å². The van der Waals surface area contributed by atoms with Crippen LogP contribution in [0.2, 0.25) is 0 Å². The molecule has 3 aliphatic heterocycles. The molecule has 1 aromatic carbocycles. The molecule has 0 saturated carbocycles. The Balaban J connectivity index is 1.79. The van der Waals surface area contributed by atoms with Gasteiger partial charge in [-0.15, -0.1) is 0 Å². The van der Waals surface area contributed by atoms with Crippen LogP contribution in [0.1, 0.15) is 80.2 Å². The highest BCUT2D eigenvalue weighted by Crippen LogP contribution is 2.43. The molecule has 0 spiro atoms.